The van der Waals surface area contributed by atoms with E-state index in [0.29, 0.717) is 24.0 Å². The van der Waals surface area contributed by atoms with E-state index in [1.165, 1.54) is 11.3 Å². The Bertz CT molecular complexity index is 578. The number of unbranched alkanes of at least 4 members (excludes halogenated alkanes) is 2. The van der Waals surface area contributed by atoms with Gasteiger partial charge in [0.05, 0.1) is 12.2 Å². The lowest BCUT2D eigenvalue weighted by Gasteiger charge is -2.26. The molecule has 0 fully saturated rings. The molecule has 0 aliphatic heterocycles. The van der Waals surface area contributed by atoms with Gasteiger partial charge in [0.2, 0.25) is 11.8 Å². The Morgan fingerprint density at radius 3 is 2.54 bits per heavy atom. The third kappa shape index (κ3) is 9.32. The summed E-state index contributed by atoms with van der Waals surface area (Å²) in [5, 5.41) is 5.29. The molecule has 1 atom stereocenters. The van der Waals surface area contributed by atoms with Gasteiger partial charge < -0.3 is 10.2 Å². The minimum Gasteiger partial charge on any atom is -0.333 e. The molecule has 1 rings (SSSR count). The minimum atomic E-state index is -0.173. The first-order valence-corrected chi connectivity index (χ1v) is 10.5. The van der Waals surface area contributed by atoms with E-state index in [4.69, 9.17) is 0 Å². The van der Waals surface area contributed by atoms with E-state index >= 15 is 0 Å². The van der Waals surface area contributed by atoms with Crippen LogP contribution in [-0.2, 0) is 9.59 Å². The third-order valence-electron chi connectivity index (χ3n) is 4.07. The van der Waals surface area contributed by atoms with E-state index < -0.39 is 0 Å². The van der Waals surface area contributed by atoms with E-state index in [9.17, 15) is 9.59 Å². The Labute approximate surface area is 162 Å². The van der Waals surface area contributed by atoms with E-state index in [1.54, 1.807) is 4.90 Å². The van der Waals surface area contributed by atoms with Gasteiger partial charge >= 0.3 is 0 Å². The molecule has 0 bridgehead atoms. The number of rotatable bonds is 10. The van der Waals surface area contributed by atoms with E-state index in [-0.39, 0.29) is 23.8 Å². The standard InChI is InChI=1S/C20H35N3O2S/c1-7-8-9-10-23(18(25)11-15(2)12-20(4,5)6)13-17(24)22-19-21-16(3)14-26-19/h14-15H,7-13H2,1-6H3,(H,21,22,24). The Kier molecular flexibility index (Phi) is 9.27. The molecule has 0 aromatic carbocycles. The topological polar surface area (TPSA) is 62.3 Å². The number of nitrogens with zero attached hydrogens (tertiary/aromatic N) is 2. The third-order valence-corrected chi connectivity index (χ3v) is 4.94. The fourth-order valence-electron chi connectivity index (χ4n) is 3.13. The molecule has 1 aromatic rings. The van der Waals surface area contributed by atoms with Crippen LogP contribution >= 0.6 is 11.3 Å². The molecular formula is C20H35N3O2S. The van der Waals surface area contributed by atoms with E-state index in [1.807, 2.05) is 12.3 Å². The normalized spacial score (nSPS) is 12.7. The Morgan fingerprint density at radius 1 is 1.31 bits per heavy atom. The van der Waals surface area contributed by atoms with Crippen LogP contribution in [0.15, 0.2) is 5.38 Å². The Hall–Kier alpha value is -1.43. The summed E-state index contributed by atoms with van der Waals surface area (Å²) < 4.78 is 0. The van der Waals surface area contributed by atoms with E-state index in [2.05, 4.69) is 44.9 Å². The second-order valence-corrected chi connectivity index (χ2v) is 9.30. The highest BCUT2D eigenvalue weighted by Crippen LogP contribution is 2.26. The second-order valence-electron chi connectivity index (χ2n) is 8.44. The molecule has 0 aliphatic rings. The van der Waals surface area contributed by atoms with Crippen LogP contribution in [0.2, 0.25) is 0 Å². The molecule has 0 spiro atoms. The highest BCUT2D eigenvalue weighted by Gasteiger charge is 2.22. The monoisotopic (exact) mass is 381 g/mol. The van der Waals surface area contributed by atoms with Crippen molar-refractivity contribution in [3.8, 4) is 0 Å². The van der Waals surface area contributed by atoms with Crippen molar-refractivity contribution in [3.63, 3.8) is 0 Å². The van der Waals surface area contributed by atoms with Crippen molar-refractivity contribution >= 4 is 28.3 Å². The molecule has 6 heteroatoms. The molecule has 0 saturated heterocycles. The maximum atomic E-state index is 12.8. The van der Waals surface area contributed by atoms with Gasteiger partial charge in [0.25, 0.3) is 0 Å². The van der Waals surface area contributed by atoms with Crippen molar-refractivity contribution in [1.82, 2.24) is 9.88 Å². The summed E-state index contributed by atoms with van der Waals surface area (Å²) in [7, 11) is 0. The van der Waals surface area contributed by atoms with Crippen LogP contribution in [-0.4, -0.2) is 34.8 Å². The van der Waals surface area contributed by atoms with Crippen LogP contribution in [0.3, 0.4) is 0 Å². The zero-order chi connectivity index (χ0) is 19.7. The van der Waals surface area contributed by atoms with Gasteiger partial charge in [-0.2, -0.15) is 0 Å². The van der Waals surface area contributed by atoms with Crippen LogP contribution in [0.1, 0.15) is 72.4 Å². The fourth-order valence-corrected chi connectivity index (χ4v) is 3.84. The van der Waals surface area contributed by atoms with Gasteiger partial charge in [-0.05, 0) is 31.1 Å². The molecule has 148 valence electrons. The summed E-state index contributed by atoms with van der Waals surface area (Å²) in [5.74, 6) is 0.205. The zero-order valence-corrected chi connectivity index (χ0v) is 18.0. The molecule has 1 heterocycles. The predicted molar refractivity (Wildman–Crippen MR) is 109 cm³/mol. The van der Waals surface area contributed by atoms with Crippen LogP contribution in [0.25, 0.3) is 0 Å². The van der Waals surface area contributed by atoms with Crippen molar-refractivity contribution in [2.24, 2.45) is 11.3 Å². The number of nitrogens with one attached hydrogen (secondary N) is 1. The number of hydrogen-bond acceptors (Lipinski definition) is 4. The molecular weight excluding hydrogens is 346 g/mol. The molecule has 0 aliphatic carbocycles. The van der Waals surface area contributed by atoms with Gasteiger partial charge in [-0.1, -0.05) is 47.5 Å². The SMILES string of the molecule is CCCCCN(CC(=O)Nc1nc(C)cs1)C(=O)CC(C)CC(C)(C)C. The largest absolute Gasteiger partial charge is 0.333 e. The van der Waals surface area contributed by atoms with Gasteiger partial charge in [-0.3, -0.25) is 9.59 Å². The first-order chi connectivity index (χ1) is 12.1. The maximum Gasteiger partial charge on any atom is 0.245 e. The highest BCUT2D eigenvalue weighted by atomic mass is 32.1. The van der Waals surface area contributed by atoms with E-state index in [0.717, 1.165) is 31.4 Å². The summed E-state index contributed by atoms with van der Waals surface area (Å²) in [5.41, 5.74) is 1.09. The molecule has 1 aromatic heterocycles. The smallest absolute Gasteiger partial charge is 0.245 e. The highest BCUT2D eigenvalue weighted by molar-refractivity contribution is 7.13. The zero-order valence-electron chi connectivity index (χ0n) is 17.2. The van der Waals surface area contributed by atoms with Crippen LogP contribution < -0.4 is 5.32 Å². The molecule has 2 amide bonds. The number of thiazole rings is 1. The minimum absolute atomic E-state index is 0.0725. The van der Waals surface area contributed by atoms with Crippen molar-refractivity contribution in [2.75, 3.05) is 18.4 Å². The first-order valence-electron chi connectivity index (χ1n) is 9.60. The van der Waals surface area contributed by atoms with Crippen molar-refractivity contribution in [3.05, 3.63) is 11.1 Å². The van der Waals surface area contributed by atoms with Crippen LogP contribution in [0.5, 0.6) is 0 Å². The molecule has 0 saturated carbocycles. The second kappa shape index (κ2) is 10.7. The van der Waals surface area contributed by atoms with Crippen molar-refractivity contribution in [2.45, 2.75) is 73.6 Å². The molecule has 0 radical (unpaired) electrons. The predicted octanol–water partition coefficient (Wildman–Crippen LogP) is 4.87. The number of aromatic nitrogens is 1. The first kappa shape index (κ1) is 22.6. The van der Waals surface area contributed by atoms with Gasteiger partial charge in [-0.15, -0.1) is 11.3 Å². The lowest BCUT2D eigenvalue weighted by molar-refractivity contribution is -0.135. The quantitative estimate of drug-likeness (QED) is 0.588. The number of anilines is 1. The van der Waals surface area contributed by atoms with Gasteiger partial charge in [0.15, 0.2) is 5.13 Å². The maximum absolute atomic E-state index is 12.8. The lowest BCUT2D eigenvalue weighted by Crippen LogP contribution is -2.39. The number of carbonyl (C=O) groups is 2. The molecule has 5 nitrogen and oxygen atoms in total. The molecule has 1 unspecified atom stereocenters. The summed E-state index contributed by atoms with van der Waals surface area (Å²) >= 11 is 1.41. The Morgan fingerprint density at radius 2 is 2.00 bits per heavy atom. The van der Waals surface area contributed by atoms with Crippen molar-refractivity contribution in [1.29, 1.82) is 0 Å². The van der Waals surface area contributed by atoms with Gasteiger partial charge in [0.1, 0.15) is 0 Å². The molecule has 1 N–H and O–H groups in total. The average Bonchev–Trinajstić information content (AvgIpc) is 2.89. The average molecular weight is 382 g/mol. The van der Waals surface area contributed by atoms with Crippen LogP contribution in [0, 0.1) is 18.3 Å². The lowest BCUT2D eigenvalue weighted by atomic mass is 9.84. The fraction of sp³-hybridized carbons (Fsp3) is 0.750. The van der Waals surface area contributed by atoms with Crippen LogP contribution in [0.4, 0.5) is 5.13 Å². The molecule has 26 heavy (non-hydrogen) atoms. The number of amides is 2. The number of hydrogen-bond donors (Lipinski definition) is 1. The van der Waals surface area contributed by atoms with Gasteiger partial charge in [-0.25, -0.2) is 4.98 Å². The number of aryl methyl sites for hydroxylation is 1. The summed E-state index contributed by atoms with van der Waals surface area (Å²) in [4.78, 5) is 31.1. The van der Waals surface area contributed by atoms with Crippen molar-refractivity contribution < 1.29 is 9.59 Å². The van der Waals surface area contributed by atoms with Gasteiger partial charge in [0, 0.05) is 18.3 Å². The number of carbonyl (C=O) groups excluding carboxylic acids is 2. The Balaban J connectivity index is 2.64. The summed E-state index contributed by atoms with van der Waals surface area (Å²) in [6.07, 6.45) is 4.57. The summed E-state index contributed by atoms with van der Waals surface area (Å²) in [6.45, 7) is 13.5. The summed E-state index contributed by atoms with van der Waals surface area (Å²) in [6, 6.07) is 0.